The first-order valence-corrected chi connectivity index (χ1v) is 25.5. The van der Waals surface area contributed by atoms with E-state index in [0.717, 1.165) is 36.1 Å². The van der Waals surface area contributed by atoms with Crippen LogP contribution in [0.25, 0.3) is 11.2 Å². The molecule has 5 aliphatic rings. The van der Waals surface area contributed by atoms with Crippen LogP contribution in [0.15, 0.2) is 84.7 Å². The maximum Gasteiger partial charge on any atom is 0.339 e. The number of fused-ring (bicyclic) bond motifs is 8. The van der Waals surface area contributed by atoms with Crippen LogP contribution in [0, 0.1) is 5.92 Å². The first-order chi connectivity index (χ1) is 35.4. The highest BCUT2D eigenvalue weighted by molar-refractivity contribution is 8.00. The molecular weight excluding hydrogens is 957 g/mol. The summed E-state index contributed by atoms with van der Waals surface area (Å²) >= 11 is 1.88. The van der Waals surface area contributed by atoms with Crippen molar-refractivity contribution in [3.63, 3.8) is 0 Å². The van der Waals surface area contributed by atoms with Gasteiger partial charge in [-0.3, -0.25) is 19.2 Å². The molecule has 378 valence electrons. The molecule has 21 heteroatoms. The monoisotopic (exact) mass is 1010 g/mol. The Morgan fingerprint density at radius 3 is 2.49 bits per heavy atom. The minimum absolute atomic E-state index is 0.000968. The molecule has 73 heavy (non-hydrogen) atoms. The number of unbranched alkanes of at least 4 members (excludes halogenated alkanes) is 2. The van der Waals surface area contributed by atoms with E-state index in [-0.39, 0.29) is 89.1 Å². The number of phenols is 1. The number of benzene rings is 3. The number of thioether (sulfide) groups is 1. The van der Waals surface area contributed by atoms with Crippen LogP contribution in [0.1, 0.15) is 100 Å². The number of aromatic hydroxyl groups is 1. The molecule has 5 amide bonds. The second kappa shape index (κ2) is 21.0. The predicted octanol–water partition coefficient (Wildman–Crippen LogP) is 4.66. The summed E-state index contributed by atoms with van der Waals surface area (Å²) in [5, 5.41) is 25.5. The van der Waals surface area contributed by atoms with E-state index in [1.54, 1.807) is 30.3 Å². The molecule has 1 aliphatic carbocycles. The van der Waals surface area contributed by atoms with Gasteiger partial charge in [-0.05, 0) is 73.6 Å². The van der Waals surface area contributed by atoms with Crippen LogP contribution >= 0.6 is 11.8 Å². The van der Waals surface area contributed by atoms with E-state index in [1.165, 1.54) is 24.3 Å². The third kappa shape index (κ3) is 10.4. The number of aromatic nitrogens is 4. The van der Waals surface area contributed by atoms with Gasteiger partial charge in [0.1, 0.15) is 35.2 Å². The van der Waals surface area contributed by atoms with Crippen LogP contribution in [0.4, 0.5) is 10.7 Å². The summed E-state index contributed by atoms with van der Waals surface area (Å²) in [6, 6.07) is 17.0. The van der Waals surface area contributed by atoms with Gasteiger partial charge in [0.25, 0.3) is 5.91 Å². The number of rotatable bonds is 20. The number of hydrogen-bond donors (Lipinski definition) is 8. The fraction of sp³-hybridized carbons (Fsp3) is 0.365. The van der Waals surface area contributed by atoms with E-state index in [2.05, 4.69) is 46.5 Å². The second-order valence-corrected chi connectivity index (χ2v) is 19.9. The molecule has 9 N–H and O–H groups in total. The molecular formula is C52H54N10O10S. The number of phenolic OH excluding ortho intramolecular Hbond substituents is 1. The van der Waals surface area contributed by atoms with Gasteiger partial charge in [0.05, 0.1) is 23.6 Å². The lowest BCUT2D eigenvalue weighted by molar-refractivity contribution is -0.121. The molecule has 10 rings (SSSR count). The Kier molecular flexibility index (Phi) is 14.0. The minimum Gasteiger partial charge on any atom is -0.508 e. The van der Waals surface area contributed by atoms with Crippen molar-refractivity contribution < 1.29 is 48.1 Å². The number of allylic oxidation sites excluding steroid dienone is 2. The third-order valence-electron chi connectivity index (χ3n) is 13.6. The molecule has 0 bridgehead atoms. The van der Waals surface area contributed by atoms with Gasteiger partial charge < -0.3 is 56.6 Å². The molecule has 6 heterocycles. The number of aryl methyl sites for hydroxylation is 1. The zero-order valence-electron chi connectivity index (χ0n) is 39.7. The quantitative estimate of drug-likeness (QED) is 0.0299. The van der Waals surface area contributed by atoms with Gasteiger partial charge in [-0.15, -0.1) is 0 Å². The fourth-order valence-electron chi connectivity index (χ4n) is 10.1. The van der Waals surface area contributed by atoms with E-state index >= 15 is 0 Å². The number of H-pyrrole nitrogens is 1. The number of carbonyl (C=O) groups is 6. The van der Waals surface area contributed by atoms with Gasteiger partial charge in [-0.1, -0.05) is 42.8 Å². The Morgan fingerprint density at radius 2 is 1.67 bits per heavy atom. The Hall–Kier alpha value is -7.94. The number of nitrogens with one attached hydrogen (secondary N) is 6. The van der Waals surface area contributed by atoms with E-state index < -0.39 is 23.4 Å². The minimum atomic E-state index is -1.55. The predicted molar refractivity (Wildman–Crippen MR) is 267 cm³/mol. The molecule has 4 aliphatic heterocycles. The van der Waals surface area contributed by atoms with Crippen LogP contribution in [0.3, 0.4) is 0 Å². The molecule has 2 fully saturated rings. The average molecular weight is 1010 g/mol. The number of nitrogens with two attached hydrogens (primary N) is 1. The van der Waals surface area contributed by atoms with Crippen molar-refractivity contribution in [1.29, 1.82) is 0 Å². The van der Waals surface area contributed by atoms with Gasteiger partial charge in [-0.25, -0.2) is 14.6 Å². The van der Waals surface area contributed by atoms with Crippen molar-refractivity contribution in [2.45, 2.75) is 93.9 Å². The molecule has 20 nitrogen and oxygen atoms in total. The maximum atomic E-state index is 14.1. The van der Waals surface area contributed by atoms with Crippen molar-refractivity contribution in [2.24, 2.45) is 5.92 Å². The summed E-state index contributed by atoms with van der Waals surface area (Å²) in [7, 11) is 0. The van der Waals surface area contributed by atoms with Gasteiger partial charge in [-0.2, -0.15) is 21.7 Å². The number of amides is 5. The molecule has 2 saturated heterocycles. The molecule has 0 radical (unpaired) electrons. The van der Waals surface area contributed by atoms with Crippen LogP contribution in [-0.4, -0.2) is 96.7 Å². The van der Waals surface area contributed by atoms with Crippen LogP contribution in [-0.2, 0) is 44.3 Å². The summed E-state index contributed by atoms with van der Waals surface area (Å²) < 4.78 is 18.4. The van der Waals surface area contributed by atoms with E-state index in [1.807, 2.05) is 36.0 Å². The normalized spacial score (nSPS) is 21.0. The Labute approximate surface area is 423 Å². The molecule has 1 spiro atoms. The van der Waals surface area contributed by atoms with Gasteiger partial charge in [0.15, 0.2) is 17.0 Å². The van der Waals surface area contributed by atoms with Crippen LogP contribution in [0.5, 0.6) is 17.4 Å². The van der Waals surface area contributed by atoms with Crippen LogP contribution in [0.2, 0.25) is 0 Å². The second-order valence-electron chi connectivity index (χ2n) is 18.6. The number of carbonyl (C=O) groups excluding carboxylic acids is 6. The molecule has 3 aromatic carbocycles. The summed E-state index contributed by atoms with van der Waals surface area (Å²) in [5.74, 6) is -0.0584. The Balaban J connectivity index is 0.663. The molecule has 5 aromatic rings. The van der Waals surface area contributed by atoms with E-state index in [4.69, 9.17) is 19.9 Å². The number of esters is 1. The number of hydrogen-bond acceptors (Lipinski definition) is 15. The fourth-order valence-corrected chi connectivity index (χ4v) is 11.6. The van der Waals surface area contributed by atoms with Crippen molar-refractivity contribution >= 4 is 64.4 Å². The summed E-state index contributed by atoms with van der Waals surface area (Å²) in [4.78, 5) is 92.8. The lowest BCUT2D eigenvalue weighted by Crippen LogP contribution is -2.44. The summed E-state index contributed by atoms with van der Waals surface area (Å²) in [6.07, 6.45) is 10.4. The zero-order chi connectivity index (χ0) is 50.6. The SMILES string of the molecule is Nc1nc(OCc2ccc(CNC(=O)c3cccc4c3C3(OC4=O)c4ccc(O)cc4OC4=CC(=O)C=CC43)cc2)c2[nH]c(CCCNC(=O)CCCCNC(=O)CCCC[C@H]3SC[C@H]4NC(=O)N[C@H]43)nc2n1. The first-order valence-electron chi connectivity index (χ1n) is 24.5. The Morgan fingerprint density at radius 1 is 0.890 bits per heavy atom. The van der Waals surface area contributed by atoms with Crippen molar-refractivity contribution in [3.05, 3.63) is 124 Å². The van der Waals surface area contributed by atoms with Gasteiger partial charge in [0, 0.05) is 78.7 Å². The van der Waals surface area contributed by atoms with Crippen molar-refractivity contribution in [2.75, 3.05) is 24.6 Å². The number of ether oxygens (including phenoxy) is 3. The largest absolute Gasteiger partial charge is 0.508 e. The first kappa shape index (κ1) is 48.7. The average Bonchev–Trinajstić information content (AvgIpc) is 4.14. The molecule has 5 atom stereocenters. The summed E-state index contributed by atoms with van der Waals surface area (Å²) in [6.45, 7) is 1.27. The standard InChI is InChI=1S/C52H54N10O10S/c53-50-61-46-45(58-40(59-46)10-6-22-55-42(66)12-3-4-21-54-41(65)11-2-1-9-39-44-36(27-73-39)57-51(69)60-44)48(62-50)70-26-29-15-13-28(14-16-29)25-56-47(67)32-7-5-8-33-43(32)52(72-49(33)68)34-19-17-30(63)23-37(34)71-38-24-31(64)18-20-35(38)52/h5,7-8,13-20,23-24,34,36,39,44,64H,1-4,6,9-12,21-22,25-27H2,(H,54,65)(H,55,66)(H,56,67)(H2,57,60,69)(H3,53,58,59,61,62)/t34?,36-,39-,44-,52?/m1/s1. The third-order valence-corrected chi connectivity index (χ3v) is 15.1. The van der Waals surface area contributed by atoms with Gasteiger partial charge in [0.2, 0.25) is 23.6 Å². The zero-order valence-corrected chi connectivity index (χ0v) is 40.5. The maximum absolute atomic E-state index is 14.1. The van der Waals surface area contributed by atoms with Crippen LogP contribution < -0.4 is 41.8 Å². The number of anilines is 1. The number of aromatic amines is 1. The van der Waals surface area contributed by atoms with E-state index in [0.29, 0.717) is 85.0 Å². The number of nitrogens with zero attached hydrogens (tertiary/aromatic N) is 3. The lowest BCUT2D eigenvalue weighted by Gasteiger charge is -2.42. The Bertz CT molecular complexity index is 3070. The highest BCUT2D eigenvalue weighted by Crippen LogP contribution is 2.57. The van der Waals surface area contributed by atoms with E-state index in [9.17, 15) is 33.9 Å². The highest BCUT2D eigenvalue weighted by Gasteiger charge is 2.59. The smallest absolute Gasteiger partial charge is 0.339 e. The lowest BCUT2D eigenvalue weighted by atomic mass is 9.70. The van der Waals surface area contributed by atoms with Crippen molar-refractivity contribution in [1.82, 2.24) is 46.5 Å². The molecule has 2 aromatic heterocycles. The number of imidazole rings is 1. The number of nitrogen functional groups attached to an aromatic ring is 1. The molecule has 0 saturated carbocycles. The highest BCUT2D eigenvalue weighted by atomic mass is 32.2. The summed E-state index contributed by atoms with van der Waals surface area (Å²) in [5.41, 5.74) is 8.09. The molecule has 2 unspecified atom stereocenters. The van der Waals surface area contributed by atoms with Crippen molar-refractivity contribution in [3.8, 4) is 17.4 Å². The van der Waals surface area contributed by atoms with Gasteiger partial charge >= 0.3 is 12.0 Å². The number of ketones is 1. The number of urea groups is 1. The topological polar surface area (TPSA) is 291 Å².